The largest absolute Gasteiger partial charge is 0.496 e. The van der Waals surface area contributed by atoms with Crippen molar-refractivity contribution in [1.29, 1.82) is 0 Å². The number of methoxy groups -OCH3 is 1. The van der Waals surface area contributed by atoms with Crippen LogP contribution >= 0.6 is 0 Å². The van der Waals surface area contributed by atoms with Crippen LogP contribution in [0.3, 0.4) is 0 Å². The summed E-state index contributed by atoms with van der Waals surface area (Å²) in [5, 5.41) is 8.41. The molecule has 0 saturated heterocycles. The van der Waals surface area contributed by atoms with Gasteiger partial charge in [0.25, 0.3) is 0 Å². The van der Waals surface area contributed by atoms with Gasteiger partial charge >= 0.3 is 0 Å². The smallest absolute Gasteiger partial charge is 0.123 e. The number of rotatable bonds is 5. The van der Waals surface area contributed by atoms with Crippen molar-refractivity contribution in [2.24, 2.45) is 0 Å². The van der Waals surface area contributed by atoms with Crippen molar-refractivity contribution in [3.05, 3.63) is 89.1 Å². The number of hydrogen-bond acceptors (Lipinski definition) is 3. The van der Waals surface area contributed by atoms with Crippen molar-refractivity contribution in [1.82, 2.24) is 15.2 Å². The summed E-state index contributed by atoms with van der Waals surface area (Å²) in [6, 6.07) is 16.4. The maximum absolute atomic E-state index is 13.6. The Hall–Kier alpha value is -3.47. The average Bonchev–Trinajstić information content (AvgIpc) is 3.10. The van der Waals surface area contributed by atoms with E-state index < -0.39 is 0 Å². The van der Waals surface area contributed by atoms with Gasteiger partial charge in [-0.05, 0) is 60.2 Å². The Labute approximate surface area is 156 Å². The van der Waals surface area contributed by atoms with E-state index in [9.17, 15) is 4.39 Å². The van der Waals surface area contributed by atoms with Gasteiger partial charge in [-0.1, -0.05) is 12.1 Å². The highest BCUT2D eigenvalue weighted by molar-refractivity contribution is 5.89. The molecule has 4 nitrogen and oxygen atoms in total. The minimum absolute atomic E-state index is 0.269. The van der Waals surface area contributed by atoms with Crippen LogP contribution in [0, 0.1) is 5.82 Å². The molecule has 4 rings (SSSR count). The number of benzene rings is 2. The fourth-order valence-corrected chi connectivity index (χ4v) is 3.06. The monoisotopic (exact) mass is 359 g/mol. The second-order valence-electron chi connectivity index (χ2n) is 6.21. The van der Waals surface area contributed by atoms with Crippen LogP contribution in [0.25, 0.3) is 23.1 Å². The summed E-state index contributed by atoms with van der Waals surface area (Å²) in [7, 11) is 1.59. The van der Waals surface area contributed by atoms with Gasteiger partial charge in [-0.2, -0.15) is 5.10 Å². The van der Waals surface area contributed by atoms with Crippen molar-refractivity contribution in [2.45, 2.75) is 6.42 Å². The van der Waals surface area contributed by atoms with E-state index in [1.165, 1.54) is 12.1 Å². The van der Waals surface area contributed by atoms with Crippen LogP contribution in [0.4, 0.5) is 4.39 Å². The molecule has 0 spiro atoms. The summed E-state index contributed by atoms with van der Waals surface area (Å²) in [5.74, 6) is 0.410. The number of nitrogens with zero attached hydrogens (tertiary/aromatic N) is 2. The third kappa shape index (κ3) is 3.72. The van der Waals surface area contributed by atoms with Gasteiger partial charge in [-0.15, -0.1) is 0 Å². The summed E-state index contributed by atoms with van der Waals surface area (Å²) in [4.78, 5) is 4.29. The van der Waals surface area contributed by atoms with Crippen molar-refractivity contribution in [2.75, 3.05) is 7.11 Å². The lowest BCUT2D eigenvalue weighted by molar-refractivity contribution is 0.409. The molecular formula is C22H18FN3O. The normalized spacial score (nSPS) is 11.3. The molecule has 0 unspecified atom stereocenters. The highest BCUT2D eigenvalue weighted by Crippen LogP contribution is 2.25. The molecule has 2 aromatic carbocycles. The van der Waals surface area contributed by atoms with Gasteiger partial charge in [0.2, 0.25) is 0 Å². The highest BCUT2D eigenvalue weighted by Gasteiger charge is 2.09. The predicted octanol–water partition coefficient (Wildman–Crippen LogP) is 4.87. The van der Waals surface area contributed by atoms with Gasteiger partial charge in [0.05, 0.1) is 24.0 Å². The van der Waals surface area contributed by atoms with Crippen LogP contribution in [0.2, 0.25) is 0 Å². The van der Waals surface area contributed by atoms with E-state index in [1.54, 1.807) is 19.4 Å². The molecule has 0 aliphatic carbocycles. The lowest BCUT2D eigenvalue weighted by Gasteiger charge is -2.09. The molecule has 2 aromatic heterocycles. The quantitative estimate of drug-likeness (QED) is 0.553. The predicted molar refractivity (Wildman–Crippen MR) is 105 cm³/mol. The first-order valence-electron chi connectivity index (χ1n) is 8.61. The van der Waals surface area contributed by atoms with Crippen LogP contribution in [0.5, 0.6) is 5.75 Å². The summed E-state index contributed by atoms with van der Waals surface area (Å²) < 4.78 is 19.0. The molecule has 0 fully saturated rings. The molecule has 0 saturated carbocycles. The summed E-state index contributed by atoms with van der Waals surface area (Å²) in [6.45, 7) is 0. The van der Waals surface area contributed by atoms with E-state index in [2.05, 4.69) is 21.2 Å². The minimum Gasteiger partial charge on any atom is -0.496 e. The molecule has 27 heavy (non-hydrogen) atoms. The molecule has 0 bridgehead atoms. The molecule has 0 atom stereocenters. The van der Waals surface area contributed by atoms with E-state index >= 15 is 0 Å². The molecule has 1 N–H and O–H groups in total. The second-order valence-corrected chi connectivity index (χ2v) is 6.21. The molecule has 0 aliphatic heterocycles. The lowest BCUT2D eigenvalue weighted by Crippen LogP contribution is -1.95. The minimum atomic E-state index is -0.269. The number of nitrogens with one attached hydrogen (secondary N) is 1. The third-order valence-electron chi connectivity index (χ3n) is 4.39. The fraction of sp³-hybridized carbons (Fsp3) is 0.0909. The summed E-state index contributed by atoms with van der Waals surface area (Å²) in [5.41, 5.74) is 4.53. The SMILES string of the molecule is COc1ccc(F)cc1Cc1ccc2n[nH]c(C=Cc3ccccn3)c2c1. The molecule has 5 heteroatoms. The molecular weight excluding hydrogens is 341 g/mol. The maximum atomic E-state index is 13.6. The Balaban J connectivity index is 1.66. The van der Waals surface area contributed by atoms with Crippen LogP contribution in [-0.2, 0) is 6.42 Å². The first-order chi connectivity index (χ1) is 13.2. The highest BCUT2D eigenvalue weighted by atomic mass is 19.1. The zero-order valence-corrected chi connectivity index (χ0v) is 14.8. The van der Waals surface area contributed by atoms with Crippen LogP contribution in [0.1, 0.15) is 22.5 Å². The number of aromatic amines is 1. The zero-order valence-electron chi connectivity index (χ0n) is 14.8. The van der Waals surface area contributed by atoms with Crippen molar-refractivity contribution >= 4 is 23.1 Å². The number of hydrogen-bond donors (Lipinski definition) is 1. The van der Waals surface area contributed by atoms with Crippen molar-refractivity contribution < 1.29 is 9.13 Å². The Kier molecular flexibility index (Phi) is 4.66. The molecule has 4 aromatic rings. The maximum Gasteiger partial charge on any atom is 0.123 e. The van der Waals surface area contributed by atoms with Gasteiger partial charge in [0.1, 0.15) is 11.6 Å². The first-order valence-corrected chi connectivity index (χ1v) is 8.61. The van der Waals surface area contributed by atoms with Crippen molar-refractivity contribution in [3.8, 4) is 5.75 Å². The molecule has 2 heterocycles. The lowest BCUT2D eigenvalue weighted by atomic mass is 10.0. The molecule has 134 valence electrons. The number of aromatic nitrogens is 3. The van der Waals surface area contributed by atoms with Gasteiger partial charge in [0.15, 0.2) is 0 Å². The Bertz CT molecular complexity index is 1100. The van der Waals surface area contributed by atoms with E-state index in [1.807, 2.05) is 42.5 Å². The van der Waals surface area contributed by atoms with Crippen LogP contribution in [-0.4, -0.2) is 22.3 Å². The summed E-state index contributed by atoms with van der Waals surface area (Å²) in [6.07, 6.45) is 6.24. The topological polar surface area (TPSA) is 50.8 Å². The zero-order chi connectivity index (χ0) is 18.6. The number of fused-ring (bicyclic) bond motifs is 1. The van der Waals surface area contributed by atoms with Crippen LogP contribution < -0.4 is 4.74 Å². The van der Waals surface area contributed by atoms with Gasteiger partial charge in [-0.3, -0.25) is 10.1 Å². The van der Waals surface area contributed by atoms with Crippen LogP contribution in [0.15, 0.2) is 60.8 Å². The second kappa shape index (κ2) is 7.41. The van der Waals surface area contributed by atoms with Gasteiger partial charge < -0.3 is 4.74 Å². The van der Waals surface area contributed by atoms with Gasteiger partial charge in [-0.25, -0.2) is 4.39 Å². The van der Waals surface area contributed by atoms with E-state index in [-0.39, 0.29) is 5.82 Å². The fourth-order valence-electron chi connectivity index (χ4n) is 3.06. The number of ether oxygens (including phenoxy) is 1. The number of pyridine rings is 1. The average molecular weight is 359 g/mol. The number of halogens is 1. The molecule has 0 aliphatic rings. The van der Waals surface area contributed by atoms with Gasteiger partial charge in [0, 0.05) is 23.6 Å². The Morgan fingerprint density at radius 2 is 2.00 bits per heavy atom. The Morgan fingerprint density at radius 1 is 1.07 bits per heavy atom. The molecule has 0 radical (unpaired) electrons. The Morgan fingerprint density at radius 3 is 2.81 bits per heavy atom. The van der Waals surface area contributed by atoms with Crippen molar-refractivity contribution in [3.63, 3.8) is 0 Å². The van der Waals surface area contributed by atoms with E-state index in [4.69, 9.17) is 4.74 Å². The standard InChI is InChI=1S/C22H18FN3O/c1-27-22-10-6-17(23)14-16(22)12-15-5-8-20-19(13-15)21(26-25-20)9-7-18-4-2-3-11-24-18/h2-11,13-14H,12H2,1H3,(H,25,26). The summed E-state index contributed by atoms with van der Waals surface area (Å²) >= 11 is 0. The number of H-pyrrole nitrogens is 1. The van der Waals surface area contributed by atoms with E-state index in [0.717, 1.165) is 33.4 Å². The third-order valence-corrected chi connectivity index (χ3v) is 4.39. The first kappa shape index (κ1) is 17.0. The molecule has 0 amide bonds. The van der Waals surface area contributed by atoms with E-state index in [0.29, 0.717) is 12.2 Å².